The number of hydrogen-bond donors (Lipinski definition) is 1. The van der Waals surface area contributed by atoms with Crippen LogP contribution in [0.4, 0.5) is 0 Å². The first-order valence-electron chi connectivity index (χ1n) is 10.2. The zero-order valence-electron chi connectivity index (χ0n) is 17.0. The third-order valence-electron chi connectivity index (χ3n) is 5.19. The molecule has 2 aromatic carbocycles. The fourth-order valence-corrected chi connectivity index (χ4v) is 3.68. The van der Waals surface area contributed by atoms with Gasteiger partial charge in [0.25, 0.3) is 5.91 Å². The van der Waals surface area contributed by atoms with E-state index in [0.717, 1.165) is 18.6 Å². The Kier molecular flexibility index (Phi) is 8.00. The minimum Gasteiger partial charge on any atom is -0.494 e. The Morgan fingerprint density at radius 3 is 2.43 bits per heavy atom. The summed E-state index contributed by atoms with van der Waals surface area (Å²) in [4.78, 5) is 26.7. The van der Waals surface area contributed by atoms with E-state index >= 15 is 0 Å². The third kappa shape index (κ3) is 6.38. The fraction of sp³-hybridized carbons (Fsp3) is 0.391. The lowest BCUT2D eigenvalue weighted by Crippen LogP contribution is -2.46. The molecule has 160 valence electrons. The number of nitrogens with one attached hydrogen (secondary N) is 1. The molecule has 0 bridgehead atoms. The molecule has 1 heterocycles. The Balaban J connectivity index is 1.36. The van der Waals surface area contributed by atoms with Crippen molar-refractivity contribution >= 4 is 35.0 Å². The molecule has 0 radical (unpaired) electrons. The number of carbonyl (C=O) groups is 2. The van der Waals surface area contributed by atoms with Gasteiger partial charge in [-0.3, -0.25) is 9.59 Å². The summed E-state index contributed by atoms with van der Waals surface area (Å²) in [5, 5.41) is 3.80. The number of likely N-dealkylation sites (tertiary alicyclic amines) is 1. The van der Waals surface area contributed by atoms with E-state index in [2.05, 4.69) is 5.32 Å². The van der Waals surface area contributed by atoms with E-state index in [1.165, 1.54) is 5.56 Å². The number of benzene rings is 2. The topological polar surface area (TPSA) is 58.6 Å². The van der Waals surface area contributed by atoms with Gasteiger partial charge in [-0.15, -0.1) is 0 Å². The van der Waals surface area contributed by atoms with Gasteiger partial charge in [0.15, 0.2) is 0 Å². The standard InChI is InChI=1S/C23H26Cl2N2O3/c1-16-4-7-19(8-5-16)30-14-2-3-22(28)27-12-10-18(11-13-27)26-23(29)17-6-9-20(24)21(25)15-17/h4-9,15,18H,2-3,10-14H2,1H3,(H,26,29). The second kappa shape index (κ2) is 10.7. The second-order valence-electron chi connectivity index (χ2n) is 7.52. The molecule has 0 saturated carbocycles. The predicted octanol–water partition coefficient (Wildman–Crippen LogP) is 4.88. The molecular formula is C23H26Cl2N2O3. The highest BCUT2D eigenvalue weighted by Crippen LogP contribution is 2.23. The maximum absolute atomic E-state index is 12.4. The van der Waals surface area contributed by atoms with Crippen molar-refractivity contribution in [3.8, 4) is 5.75 Å². The summed E-state index contributed by atoms with van der Waals surface area (Å²) in [7, 11) is 0. The number of nitrogens with zero attached hydrogens (tertiary/aromatic N) is 1. The van der Waals surface area contributed by atoms with Crippen LogP contribution in [0.25, 0.3) is 0 Å². The van der Waals surface area contributed by atoms with Crippen LogP contribution < -0.4 is 10.1 Å². The highest BCUT2D eigenvalue weighted by molar-refractivity contribution is 6.42. The average Bonchev–Trinajstić information content (AvgIpc) is 2.74. The molecule has 1 aliphatic heterocycles. The Morgan fingerprint density at radius 2 is 1.77 bits per heavy atom. The van der Waals surface area contributed by atoms with Crippen LogP contribution in [-0.4, -0.2) is 42.5 Å². The summed E-state index contributed by atoms with van der Waals surface area (Å²) in [6, 6.07) is 12.8. The molecule has 0 spiro atoms. The highest BCUT2D eigenvalue weighted by Gasteiger charge is 2.24. The lowest BCUT2D eigenvalue weighted by molar-refractivity contribution is -0.132. The predicted molar refractivity (Wildman–Crippen MR) is 119 cm³/mol. The minimum atomic E-state index is -0.174. The summed E-state index contributed by atoms with van der Waals surface area (Å²) in [5.41, 5.74) is 1.67. The molecule has 0 atom stereocenters. The van der Waals surface area contributed by atoms with Gasteiger partial charge in [0, 0.05) is 31.1 Å². The molecule has 7 heteroatoms. The molecule has 5 nitrogen and oxygen atoms in total. The first-order valence-corrected chi connectivity index (χ1v) is 10.9. The van der Waals surface area contributed by atoms with Gasteiger partial charge in [0.05, 0.1) is 16.7 Å². The Hall–Kier alpha value is -2.24. The maximum Gasteiger partial charge on any atom is 0.251 e. The lowest BCUT2D eigenvalue weighted by Gasteiger charge is -2.32. The van der Waals surface area contributed by atoms with Crippen molar-refractivity contribution < 1.29 is 14.3 Å². The van der Waals surface area contributed by atoms with Crippen LogP contribution in [-0.2, 0) is 4.79 Å². The van der Waals surface area contributed by atoms with Gasteiger partial charge in [0.1, 0.15) is 5.75 Å². The van der Waals surface area contributed by atoms with Crippen LogP contribution in [0.3, 0.4) is 0 Å². The molecular weight excluding hydrogens is 423 g/mol. The van der Waals surface area contributed by atoms with Crippen LogP contribution in [0.2, 0.25) is 10.0 Å². The van der Waals surface area contributed by atoms with Gasteiger partial charge in [-0.1, -0.05) is 40.9 Å². The largest absolute Gasteiger partial charge is 0.494 e. The SMILES string of the molecule is Cc1ccc(OCCCC(=O)N2CCC(NC(=O)c3ccc(Cl)c(Cl)c3)CC2)cc1. The van der Waals surface area contributed by atoms with Crippen LogP contribution >= 0.6 is 23.2 Å². The minimum absolute atomic E-state index is 0.0425. The summed E-state index contributed by atoms with van der Waals surface area (Å²) < 4.78 is 5.68. The molecule has 1 fully saturated rings. The number of amides is 2. The molecule has 0 aromatic heterocycles. The van der Waals surface area contributed by atoms with Gasteiger partial charge in [-0.25, -0.2) is 0 Å². The molecule has 3 rings (SSSR count). The number of ether oxygens (including phenoxy) is 1. The van der Waals surface area contributed by atoms with Gasteiger partial charge < -0.3 is 15.0 Å². The molecule has 0 unspecified atom stereocenters. The summed E-state index contributed by atoms with van der Waals surface area (Å²) >= 11 is 11.9. The summed E-state index contributed by atoms with van der Waals surface area (Å²) in [6.07, 6.45) is 2.62. The summed E-state index contributed by atoms with van der Waals surface area (Å²) in [6.45, 7) is 3.84. The Morgan fingerprint density at radius 1 is 1.07 bits per heavy atom. The van der Waals surface area contributed by atoms with Crippen molar-refractivity contribution in [3.63, 3.8) is 0 Å². The molecule has 1 N–H and O–H groups in total. The molecule has 1 aliphatic rings. The normalized spacial score (nSPS) is 14.4. The lowest BCUT2D eigenvalue weighted by atomic mass is 10.0. The van der Waals surface area contributed by atoms with Crippen LogP contribution in [0.15, 0.2) is 42.5 Å². The van der Waals surface area contributed by atoms with Crippen LogP contribution in [0.1, 0.15) is 41.6 Å². The first-order chi connectivity index (χ1) is 14.4. The number of hydrogen-bond acceptors (Lipinski definition) is 3. The van der Waals surface area contributed by atoms with Crippen molar-refractivity contribution in [1.82, 2.24) is 10.2 Å². The van der Waals surface area contributed by atoms with Crippen molar-refractivity contribution in [2.45, 2.75) is 38.6 Å². The van der Waals surface area contributed by atoms with Crippen LogP contribution in [0, 0.1) is 6.92 Å². The second-order valence-corrected chi connectivity index (χ2v) is 8.34. The van der Waals surface area contributed by atoms with E-state index in [-0.39, 0.29) is 17.9 Å². The molecule has 2 aromatic rings. The zero-order valence-corrected chi connectivity index (χ0v) is 18.5. The molecule has 0 aliphatic carbocycles. The van der Waals surface area contributed by atoms with Crippen molar-refractivity contribution in [2.24, 2.45) is 0 Å². The average molecular weight is 449 g/mol. The number of aryl methyl sites for hydroxylation is 1. The van der Waals surface area contributed by atoms with Crippen LogP contribution in [0.5, 0.6) is 5.75 Å². The number of piperidine rings is 1. The number of halogens is 2. The smallest absolute Gasteiger partial charge is 0.251 e. The number of carbonyl (C=O) groups excluding carboxylic acids is 2. The van der Waals surface area contributed by atoms with Crippen molar-refractivity contribution in [1.29, 1.82) is 0 Å². The van der Waals surface area contributed by atoms with Gasteiger partial charge in [-0.05, 0) is 56.5 Å². The van der Waals surface area contributed by atoms with Gasteiger partial charge in [0.2, 0.25) is 5.91 Å². The van der Waals surface area contributed by atoms with Gasteiger partial charge in [-0.2, -0.15) is 0 Å². The molecule has 2 amide bonds. The maximum atomic E-state index is 12.4. The summed E-state index contributed by atoms with van der Waals surface area (Å²) in [5.74, 6) is 0.787. The quantitative estimate of drug-likeness (QED) is 0.613. The van der Waals surface area contributed by atoms with E-state index in [9.17, 15) is 9.59 Å². The number of rotatable bonds is 7. The van der Waals surface area contributed by atoms with E-state index < -0.39 is 0 Å². The highest BCUT2D eigenvalue weighted by atomic mass is 35.5. The first kappa shape index (κ1) is 22.4. The zero-order chi connectivity index (χ0) is 21.5. The molecule has 30 heavy (non-hydrogen) atoms. The van der Waals surface area contributed by atoms with E-state index in [4.69, 9.17) is 27.9 Å². The van der Waals surface area contributed by atoms with E-state index in [1.54, 1.807) is 18.2 Å². The third-order valence-corrected chi connectivity index (χ3v) is 5.93. The monoisotopic (exact) mass is 448 g/mol. The van der Waals surface area contributed by atoms with E-state index in [0.29, 0.717) is 48.1 Å². The Labute approximate surface area is 187 Å². The van der Waals surface area contributed by atoms with Crippen molar-refractivity contribution in [3.05, 3.63) is 63.6 Å². The molecule has 1 saturated heterocycles. The van der Waals surface area contributed by atoms with Crippen molar-refractivity contribution in [2.75, 3.05) is 19.7 Å². The van der Waals surface area contributed by atoms with Gasteiger partial charge >= 0.3 is 0 Å². The Bertz CT molecular complexity index is 879. The van der Waals surface area contributed by atoms with E-state index in [1.807, 2.05) is 36.1 Å². The fourth-order valence-electron chi connectivity index (χ4n) is 3.39.